The SMILES string of the molecule is CCC(=O)c1sc(NC2CC2C)c(C2CC2)c1N. The summed E-state index contributed by atoms with van der Waals surface area (Å²) in [7, 11) is 0. The zero-order chi connectivity index (χ0) is 12.9. The molecule has 2 unspecified atom stereocenters. The normalized spacial score (nSPS) is 26.1. The minimum Gasteiger partial charge on any atom is -0.397 e. The smallest absolute Gasteiger partial charge is 0.174 e. The standard InChI is InChI=1S/C14H20N2OS/c1-3-10(17)13-12(15)11(8-4-5-8)14(18-13)16-9-6-7(9)2/h7-9,16H,3-6,15H2,1-2H3. The van der Waals surface area contributed by atoms with Crippen LogP contribution >= 0.6 is 11.3 Å². The molecule has 1 heterocycles. The van der Waals surface area contributed by atoms with Gasteiger partial charge in [-0.3, -0.25) is 4.79 Å². The van der Waals surface area contributed by atoms with Crippen LogP contribution < -0.4 is 11.1 Å². The minimum atomic E-state index is 0.177. The van der Waals surface area contributed by atoms with E-state index in [4.69, 9.17) is 5.73 Å². The molecule has 2 fully saturated rings. The number of hydrogen-bond acceptors (Lipinski definition) is 4. The first kappa shape index (κ1) is 12.0. The topological polar surface area (TPSA) is 55.1 Å². The van der Waals surface area contributed by atoms with Gasteiger partial charge in [0.05, 0.1) is 15.6 Å². The van der Waals surface area contributed by atoms with Crippen molar-refractivity contribution in [2.75, 3.05) is 11.1 Å². The molecular formula is C14H20N2OS. The van der Waals surface area contributed by atoms with Gasteiger partial charge in [-0.25, -0.2) is 0 Å². The molecular weight excluding hydrogens is 244 g/mol. The van der Waals surface area contributed by atoms with Crippen LogP contribution in [0.3, 0.4) is 0 Å². The minimum absolute atomic E-state index is 0.177. The number of carbonyl (C=O) groups excluding carboxylic acids is 1. The van der Waals surface area contributed by atoms with Crippen LogP contribution in [0.25, 0.3) is 0 Å². The van der Waals surface area contributed by atoms with Gasteiger partial charge in [0, 0.05) is 18.0 Å². The van der Waals surface area contributed by atoms with Gasteiger partial charge >= 0.3 is 0 Å². The Bertz CT molecular complexity index is 490. The number of nitrogens with one attached hydrogen (secondary N) is 1. The van der Waals surface area contributed by atoms with Gasteiger partial charge in [0.1, 0.15) is 0 Å². The zero-order valence-electron chi connectivity index (χ0n) is 11.0. The highest BCUT2D eigenvalue weighted by Crippen LogP contribution is 2.52. The lowest BCUT2D eigenvalue weighted by Crippen LogP contribution is -2.04. The Balaban J connectivity index is 1.92. The molecule has 1 aromatic rings. The molecule has 0 saturated heterocycles. The van der Waals surface area contributed by atoms with E-state index in [2.05, 4.69) is 12.2 Å². The highest BCUT2D eigenvalue weighted by molar-refractivity contribution is 7.18. The molecule has 3 rings (SSSR count). The molecule has 2 saturated carbocycles. The van der Waals surface area contributed by atoms with E-state index in [-0.39, 0.29) is 5.78 Å². The van der Waals surface area contributed by atoms with Crippen molar-refractivity contribution in [1.29, 1.82) is 0 Å². The van der Waals surface area contributed by atoms with Gasteiger partial charge in [0.2, 0.25) is 0 Å². The second kappa shape index (κ2) is 4.26. The van der Waals surface area contributed by atoms with Crippen molar-refractivity contribution in [1.82, 2.24) is 0 Å². The predicted octanol–water partition coefficient (Wildman–Crippen LogP) is 3.62. The molecule has 0 aromatic carbocycles. The Morgan fingerprint density at radius 3 is 2.67 bits per heavy atom. The predicted molar refractivity (Wildman–Crippen MR) is 76.5 cm³/mol. The van der Waals surface area contributed by atoms with E-state index < -0.39 is 0 Å². The Kier molecular flexibility index (Phi) is 2.85. The van der Waals surface area contributed by atoms with Crippen molar-refractivity contribution in [2.24, 2.45) is 5.92 Å². The summed E-state index contributed by atoms with van der Waals surface area (Å²) < 4.78 is 0. The number of anilines is 2. The van der Waals surface area contributed by atoms with Crippen LogP contribution in [0.15, 0.2) is 0 Å². The first-order valence-electron chi connectivity index (χ1n) is 6.83. The Labute approximate surface area is 112 Å². The summed E-state index contributed by atoms with van der Waals surface area (Å²) in [6, 6.07) is 0.588. The zero-order valence-corrected chi connectivity index (χ0v) is 11.8. The van der Waals surface area contributed by atoms with Gasteiger partial charge < -0.3 is 11.1 Å². The number of Topliss-reactive ketones (excluding diaryl/α,β-unsaturated/α-hetero) is 1. The number of hydrogen-bond donors (Lipinski definition) is 2. The molecule has 3 N–H and O–H groups in total. The average molecular weight is 264 g/mol. The summed E-state index contributed by atoms with van der Waals surface area (Å²) in [5, 5.41) is 4.75. The first-order chi connectivity index (χ1) is 8.61. The number of thiophene rings is 1. The number of nitrogen functional groups attached to an aromatic ring is 1. The first-order valence-corrected chi connectivity index (χ1v) is 7.65. The van der Waals surface area contributed by atoms with Crippen LogP contribution in [0.4, 0.5) is 10.7 Å². The summed E-state index contributed by atoms with van der Waals surface area (Å²) in [4.78, 5) is 12.7. The molecule has 0 spiro atoms. The molecule has 0 amide bonds. The van der Waals surface area contributed by atoms with Crippen LogP contribution in [-0.2, 0) is 0 Å². The third-order valence-electron chi connectivity index (χ3n) is 3.97. The van der Waals surface area contributed by atoms with E-state index in [0.29, 0.717) is 18.4 Å². The molecule has 2 atom stereocenters. The fourth-order valence-electron chi connectivity index (χ4n) is 2.40. The largest absolute Gasteiger partial charge is 0.397 e. The molecule has 1 aromatic heterocycles. The second-order valence-corrected chi connectivity index (χ2v) is 6.62. The van der Waals surface area contributed by atoms with E-state index in [0.717, 1.165) is 16.5 Å². The van der Waals surface area contributed by atoms with Crippen LogP contribution in [0, 0.1) is 5.92 Å². The number of nitrogens with two attached hydrogens (primary N) is 1. The number of ketones is 1. The summed E-state index contributed by atoms with van der Waals surface area (Å²) in [6.07, 6.45) is 4.21. The van der Waals surface area contributed by atoms with Gasteiger partial charge in [0.15, 0.2) is 5.78 Å². The third kappa shape index (κ3) is 2.03. The molecule has 4 heteroatoms. The summed E-state index contributed by atoms with van der Waals surface area (Å²) in [5.74, 6) is 1.53. The third-order valence-corrected chi connectivity index (χ3v) is 5.16. The average Bonchev–Trinajstić information content (AvgIpc) is 3.25. The summed E-state index contributed by atoms with van der Waals surface area (Å²) >= 11 is 1.57. The molecule has 18 heavy (non-hydrogen) atoms. The maximum absolute atomic E-state index is 11.9. The lowest BCUT2D eigenvalue weighted by Gasteiger charge is -2.06. The van der Waals surface area contributed by atoms with E-state index >= 15 is 0 Å². The second-order valence-electron chi connectivity index (χ2n) is 5.60. The van der Waals surface area contributed by atoms with Crippen molar-refractivity contribution in [3.8, 4) is 0 Å². The van der Waals surface area contributed by atoms with Gasteiger partial charge in [-0.2, -0.15) is 0 Å². The number of rotatable bonds is 5. The molecule has 98 valence electrons. The van der Waals surface area contributed by atoms with Crippen molar-refractivity contribution in [3.05, 3.63) is 10.4 Å². The summed E-state index contributed by atoms with van der Waals surface area (Å²) in [6.45, 7) is 4.15. The molecule has 0 radical (unpaired) electrons. The maximum atomic E-state index is 11.9. The van der Waals surface area contributed by atoms with Crippen molar-refractivity contribution >= 4 is 27.8 Å². The van der Waals surface area contributed by atoms with Crippen molar-refractivity contribution in [2.45, 2.75) is 51.5 Å². The quantitative estimate of drug-likeness (QED) is 0.799. The molecule has 2 aliphatic rings. The Morgan fingerprint density at radius 1 is 1.50 bits per heavy atom. The highest BCUT2D eigenvalue weighted by Gasteiger charge is 2.37. The van der Waals surface area contributed by atoms with Gasteiger partial charge in [0.25, 0.3) is 0 Å². The monoisotopic (exact) mass is 264 g/mol. The van der Waals surface area contributed by atoms with Crippen LogP contribution in [0.2, 0.25) is 0 Å². The molecule has 0 aliphatic heterocycles. The molecule has 0 bridgehead atoms. The lowest BCUT2D eigenvalue weighted by molar-refractivity contribution is 0.0993. The van der Waals surface area contributed by atoms with E-state index in [9.17, 15) is 4.79 Å². The van der Waals surface area contributed by atoms with Gasteiger partial charge in [-0.15, -0.1) is 11.3 Å². The molecule has 2 aliphatic carbocycles. The van der Waals surface area contributed by atoms with Crippen molar-refractivity contribution in [3.63, 3.8) is 0 Å². The van der Waals surface area contributed by atoms with E-state index in [1.54, 1.807) is 11.3 Å². The Hall–Kier alpha value is -1.03. The fourth-order valence-corrected chi connectivity index (χ4v) is 3.68. The van der Waals surface area contributed by atoms with Crippen LogP contribution in [0.5, 0.6) is 0 Å². The summed E-state index contributed by atoms with van der Waals surface area (Å²) in [5.41, 5.74) is 8.19. The highest BCUT2D eigenvalue weighted by atomic mass is 32.1. The van der Waals surface area contributed by atoms with E-state index in [1.807, 2.05) is 6.92 Å². The van der Waals surface area contributed by atoms with Gasteiger partial charge in [-0.1, -0.05) is 13.8 Å². The maximum Gasteiger partial charge on any atom is 0.174 e. The molecule has 3 nitrogen and oxygen atoms in total. The van der Waals surface area contributed by atoms with Crippen molar-refractivity contribution < 1.29 is 4.79 Å². The van der Waals surface area contributed by atoms with Crippen LogP contribution in [0.1, 0.15) is 60.7 Å². The lowest BCUT2D eigenvalue weighted by atomic mass is 10.1. The Morgan fingerprint density at radius 2 is 2.17 bits per heavy atom. The van der Waals surface area contributed by atoms with Crippen LogP contribution in [-0.4, -0.2) is 11.8 Å². The van der Waals surface area contributed by atoms with Gasteiger partial charge in [-0.05, 0) is 31.1 Å². The number of carbonyl (C=O) groups is 1. The van der Waals surface area contributed by atoms with E-state index in [1.165, 1.54) is 29.8 Å². The fraction of sp³-hybridized carbons (Fsp3) is 0.643.